The number of amides is 1. The van der Waals surface area contributed by atoms with Crippen LogP contribution in [0.1, 0.15) is 32.9 Å². The highest BCUT2D eigenvalue weighted by Crippen LogP contribution is 2.13. The van der Waals surface area contributed by atoms with Crippen LogP contribution in [0.4, 0.5) is 0 Å². The minimum Gasteiger partial charge on any atom is -0.394 e. The molecular weight excluding hydrogens is 292 g/mol. The SMILES string of the molecule is CNC(=O)c1ccc(CNCc2c(C)nn(CCO)c2C)cc1. The van der Waals surface area contributed by atoms with Gasteiger partial charge in [-0.2, -0.15) is 5.10 Å². The Morgan fingerprint density at radius 1 is 1.22 bits per heavy atom. The monoisotopic (exact) mass is 316 g/mol. The van der Waals surface area contributed by atoms with Gasteiger partial charge < -0.3 is 15.7 Å². The summed E-state index contributed by atoms with van der Waals surface area (Å²) >= 11 is 0. The number of hydrogen-bond donors (Lipinski definition) is 3. The van der Waals surface area contributed by atoms with E-state index in [2.05, 4.69) is 15.7 Å². The summed E-state index contributed by atoms with van der Waals surface area (Å²) in [5.41, 5.74) is 5.02. The Morgan fingerprint density at radius 2 is 1.91 bits per heavy atom. The average molecular weight is 316 g/mol. The van der Waals surface area contributed by atoms with Gasteiger partial charge in [0, 0.05) is 37.0 Å². The zero-order valence-corrected chi connectivity index (χ0v) is 13.9. The Balaban J connectivity index is 1.93. The van der Waals surface area contributed by atoms with Crippen LogP contribution in [-0.2, 0) is 19.6 Å². The zero-order valence-electron chi connectivity index (χ0n) is 13.9. The number of carbonyl (C=O) groups excluding carboxylic acids is 1. The number of rotatable bonds is 7. The van der Waals surface area contributed by atoms with Crippen LogP contribution in [0, 0.1) is 13.8 Å². The second-order valence-corrected chi connectivity index (χ2v) is 5.48. The maximum absolute atomic E-state index is 11.5. The van der Waals surface area contributed by atoms with E-state index in [1.807, 2.05) is 42.8 Å². The van der Waals surface area contributed by atoms with Gasteiger partial charge in [-0.1, -0.05) is 12.1 Å². The van der Waals surface area contributed by atoms with Gasteiger partial charge in [0.1, 0.15) is 0 Å². The van der Waals surface area contributed by atoms with E-state index in [1.54, 1.807) is 7.05 Å². The molecule has 1 amide bonds. The quantitative estimate of drug-likeness (QED) is 0.716. The van der Waals surface area contributed by atoms with Crippen molar-refractivity contribution in [1.82, 2.24) is 20.4 Å². The third-order valence-corrected chi connectivity index (χ3v) is 3.92. The van der Waals surface area contributed by atoms with E-state index >= 15 is 0 Å². The molecule has 6 heteroatoms. The Bertz CT molecular complexity index is 662. The number of hydrogen-bond acceptors (Lipinski definition) is 4. The summed E-state index contributed by atoms with van der Waals surface area (Å²) in [6.07, 6.45) is 0. The largest absolute Gasteiger partial charge is 0.394 e. The Labute approximate surface area is 136 Å². The molecule has 0 aliphatic carbocycles. The minimum absolute atomic E-state index is 0.0768. The summed E-state index contributed by atoms with van der Waals surface area (Å²) in [5.74, 6) is -0.0768. The number of nitrogens with zero attached hydrogens (tertiary/aromatic N) is 2. The molecule has 0 aliphatic rings. The lowest BCUT2D eigenvalue weighted by atomic mass is 10.1. The highest BCUT2D eigenvalue weighted by Gasteiger charge is 2.10. The molecule has 23 heavy (non-hydrogen) atoms. The predicted octanol–water partition coefficient (Wildman–Crippen LogP) is 1.14. The van der Waals surface area contributed by atoms with Crippen LogP contribution < -0.4 is 10.6 Å². The summed E-state index contributed by atoms with van der Waals surface area (Å²) < 4.78 is 1.84. The molecule has 1 aromatic carbocycles. The van der Waals surface area contributed by atoms with E-state index in [-0.39, 0.29) is 12.5 Å². The van der Waals surface area contributed by atoms with Crippen LogP contribution in [0.2, 0.25) is 0 Å². The first-order valence-corrected chi connectivity index (χ1v) is 7.72. The van der Waals surface area contributed by atoms with Crippen LogP contribution >= 0.6 is 0 Å². The lowest BCUT2D eigenvalue weighted by molar-refractivity contribution is 0.0963. The molecule has 0 unspecified atom stereocenters. The van der Waals surface area contributed by atoms with Gasteiger partial charge in [0.15, 0.2) is 0 Å². The van der Waals surface area contributed by atoms with Crippen molar-refractivity contribution in [3.8, 4) is 0 Å². The second-order valence-electron chi connectivity index (χ2n) is 5.48. The van der Waals surface area contributed by atoms with E-state index in [0.29, 0.717) is 12.1 Å². The lowest BCUT2D eigenvalue weighted by Gasteiger charge is -2.07. The highest BCUT2D eigenvalue weighted by atomic mass is 16.3. The van der Waals surface area contributed by atoms with Crippen molar-refractivity contribution in [3.05, 3.63) is 52.3 Å². The summed E-state index contributed by atoms with van der Waals surface area (Å²) in [6, 6.07) is 7.55. The van der Waals surface area contributed by atoms with Crippen molar-refractivity contribution in [2.75, 3.05) is 13.7 Å². The van der Waals surface area contributed by atoms with Gasteiger partial charge in [0.2, 0.25) is 0 Å². The number of aryl methyl sites for hydroxylation is 1. The van der Waals surface area contributed by atoms with Crippen molar-refractivity contribution < 1.29 is 9.90 Å². The number of aliphatic hydroxyl groups is 1. The standard InChI is InChI=1S/C17H24N4O2/c1-12-16(13(2)21(20-12)8-9-22)11-19-10-14-4-6-15(7-5-14)17(23)18-3/h4-7,19,22H,8-11H2,1-3H3,(H,18,23). The summed E-state index contributed by atoms with van der Waals surface area (Å²) in [6.45, 7) is 6.05. The molecule has 0 fully saturated rings. The molecule has 124 valence electrons. The number of aliphatic hydroxyl groups excluding tert-OH is 1. The third-order valence-electron chi connectivity index (χ3n) is 3.92. The van der Waals surface area contributed by atoms with Gasteiger partial charge >= 0.3 is 0 Å². The zero-order chi connectivity index (χ0) is 16.8. The second kappa shape index (κ2) is 7.89. The molecule has 0 aliphatic heterocycles. The van der Waals surface area contributed by atoms with E-state index < -0.39 is 0 Å². The van der Waals surface area contributed by atoms with E-state index in [0.717, 1.165) is 30.0 Å². The van der Waals surface area contributed by atoms with Crippen LogP contribution in [-0.4, -0.2) is 34.4 Å². The van der Waals surface area contributed by atoms with E-state index in [9.17, 15) is 4.79 Å². The van der Waals surface area contributed by atoms with Gasteiger partial charge in [-0.25, -0.2) is 0 Å². The van der Waals surface area contributed by atoms with Crippen molar-refractivity contribution in [2.45, 2.75) is 33.5 Å². The Kier molecular flexibility index (Phi) is 5.90. The van der Waals surface area contributed by atoms with Crippen LogP contribution in [0.5, 0.6) is 0 Å². The third kappa shape index (κ3) is 4.18. The molecule has 0 radical (unpaired) electrons. The van der Waals surface area contributed by atoms with Gasteiger partial charge in [-0.3, -0.25) is 9.48 Å². The molecule has 2 rings (SSSR count). The van der Waals surface area contributed by atoms with Gasteiger partial charge in [-0.05, 0) is 31.5 Å². The van der Waals surface area contributed by atoms with Crippen molar-refractivity contribution in [3.63, 3.8) is 0 Å². The molecule has 6 nitrogen and oxygen atoms in total. The molecule has 2 aromatic rings. The maximum Gasteiger partial charge on any atom is 0.251 e. The van der Waals surface area contributed by atoms with Crippen molar-refractivity contribution in [2.24, 2.45) is 0 Å². The Hall–Kier alpha value is -2.18. The number of benzene rings is 1. The van der Waals surface area contributed by atoms with Crippen LogP contribution in [0.3, 0.4) is 0 Å². The van der Waals surface area contributed by atoms with Crippen molar-refractivity contribution >= 4 is 5.91 Å². The molecule has 1 aromatic heterocycles. The van der Waals surface area contributed by atoms with Gasteiger partial charge in [0.05, 0.1) is 18.8 Å². The summed E-state index contributed by atoms with van der Waals surface area (Å²) in [4.78, 5) is 11.5. The molecule has 0 bridgehead atoms. The smallest absolute Gasteiger partial charge is 0.251 e. The fourth-order valence-electron chi connectivity index (χ4n) is 2.55. The number of carbonyl (C=O) groups is 1. The Morgan fingerprint density at radius 3 is 2.52 bits per heavy atom. The highest BCUT2D eigenvalue weighted by molar-refractivity contribution is 5.93. The molecule has 0 saturated carbocycles. The molecular formula is C17H24N4O2. The maximum atomic E-state index is 11.5. The fourth-order valence-corrected chi connectivity index (χ4v) is 2.55. The van der Waals surface area contributed by atoms with E-state index in [1.165, 1.54) is 5.56 Å². The van der Waals surface area contributed by atoms with Crippen LogP contribution in [0.15, 0.2) is 24.3 Å². The molecule has 0 spiro atoms. The molecule has 0 atom stereocenters. The molecule has 1 heterocycles. The lowest BCUT2D eigenvalue weighted by Crippen LogP contribution is -2.18. The first-order valence-electron chi connectivity index (χ1n) is 7.72. The van der Waals surface area contributed by atoms with Gasteiger partial charge in [-0.15, -0.1) is 0 Å². The van der Waals surface area contributed by atoms with Crippen molar-refractivity contribution in [1.29, 1.82) is 0 Å². The average Bonchev–Trinajstić information content (AvgIpc) is 2.82. The number of nitrogens with one attached hydrogen (secondary N) is 2. The molecule has 0 saturated heterocycles. The first-order chi connectivity index (χ1) is 11.1. The first kappa shape index (κ1) is 17.2. The normalized spacial score (nSPS) is 10.8. The van der Waals surface area contributed by atoms with E-state index in [4.69, 9.17) is 5.11 Å². The predicted molar refractivity (Wildman–Crippen MR) is 89.2 cm³/mol. The summed E-state index contributed by atoms with van der Waals surface area (Å²) in [7, 11) is 1.62. The fraction of sp³-hybridized carbons (Fsp3) is 0.412. The number of aromatic nitrogens is 2. The van der Waals surface area contributed by atoms with Gasteiger partial charge in [0.25, 0.3) is 5.91 Å². The summed E-state index contributed by atoms with van der Waals surface area (Å²) in [5, 5.41) is 19.5. The van der Waals surface area contributed by atoms with Crippen LogP contribution in [0.25, 0.3) is 0 Å². The topological polar surface area (TPSA) is 79.2 Å². The molecule has 3 N–H and O–H groups in total. The minimum atomic E-state index is -0.0768.